The third-order valence-electron chi connectivity index (χ3n) is 2.50. The topological polar surface area (TPSA) is 50.5 Å². The molecule has 0 atom stereocenters. The van der Waals surface area contributed by atoms with E-state index in [2.05, 4.69) is 5.32 Å². The van der Waals surface area contributed by atoms with Crippen LogP contribution >= 0.6 is 12.2 Å². The van der Waals surface area contributed by atoms with Crippen LogP contribution in [0.4, 0.5) is 10.1 Å². The van der Waals surface area contributed by atoms with E-state index in [9.17, 15) is 4.39 Å². The first-order valence-electron chi connectivity index (χ1n) is 6.07. The molecule has 1 rings (SSSR count). The van der Waals surface area contributed by atoms with Gasteiger partial charge in [0.2, 0.25) is 0 Å². The van der Waals surface area contributed by atoms with Gasteiger partial charge in [0.05, 0.1) is 18.8 Å². The molecule has 0 aromatic heterocycles. The van der Waals surface area contributed by atoms with Crippen LogP contribution in [0.5, 0.6) is 0 Å². The Hall–Kier alpha value is -1.24. The fraction of sp³-hybridized carbons (Fsp3) is 0.462. The molecular weight excluding hydrogens is 265 g/mol. The van der Waals surface area contributed by atoms with Crippen LogP contribution in [0.15, 0.2) is 18.2 Å². The fourth-order valence-electron chi connectivity index (χ4n) is 1.53. The number of thiocarbonyl (C=S) groups is 1. The van der Waals surface area contributed by atoms with Crippen LogP contribution in [0.1, 0.15) is 5.56 Å². The first-order chi connectivity index (χ1) is 9.02. The van der Waals surface area contributed by atoms with Gasteiger partial charge in [-0.15, -0.1) is 0 Å². The standard InChI is InChI=1S/C13H20FN3OS/c1-17(2)7-9-18-8-6-16-11-5-3-4-10(14)12(11)13(15)19/h3-5,16H,6-9H2,1-2H3,(H2,15,19). The highest BCUT2D eigenvalue weighted by atomic mass is 32.1. The maximum absolute atomic E-state index is 13.6. The van der Waals surface area contributed by atoms with Gasteiger partial charge in [0, 0.05) is 18.8 Å². The average Bonchev–Trinajstić information content (AvgIpc) is 2.32. The second kappa shape index (κ2) is 8.04. The van der Waals surface area contributed by atoms with E-state index in [0.717, 1.165) is 6.54 Å². The molecule has 0 spiro atoms. The highest BCUT2D eigenvalue weighted by Gasteiger charge is 2.10. The summed E-state index contributed by atoms with van der Waals surface area (Å²) in [5.41, 5.74) is 6.37. The number of halogens is 1. The second-order valence-corrected chi connectivity index (χ2v) is 4.81. The van der Waals surface area contributed by atoms with Gasteiger partial charge in [-0.25, -0.2) is 4.39 Å². The molecule has 0 heterocycles. The smallest absolute Gasteiger partial charge is 0.135 e. The molecule has 4 nitrogen and oxygen atoms in total. The van der Waals surface area contributed by atoms with E-state index in [0.29, 0.717) is 25.4 Å². The maximum Gasteiger partial charge on any atom is 0.135 e. The number of ether oxygens (including phenoxy) is 1. The third kappa shape index (κ3) is 5.50. The zero-order valence-electron chi connectivity index (χ0n) is 11.3. The van der Waals surface area contributed by atoms with E-state index in [1.54, 1.807) is 12.1 Å². The number of likely N-dealkylation sites (N-methyl/N-ethyl adjacent to an activating group) is 1. The molecule has 0 saturated carbocycles. The van der Waals surface area contributed by atoms with Crippen molar-refractivity contribution >= 4 is 22.9 Å². The van der Waals surface area contributed by atoms with Gasteiger partial charge in [0.25, 0.3) is 0 Å². The van der Waals surface area contributed by atoms with Crippen molar-refractivity contribution in [2.75, 3.05) is 45.7 Å². The normalized spacial score (nSPS) is 10.7. The number of rotatable bonds is 8. The summed E-state index contributed by atoms with van der Waals surface area (Å²) in [7, 11) is 3.98. The fourth-order valence-corrected chi connectivity index (χ4v) is 1.74. The molecular formula is C13H20FN3OS. The van der Waals surface area contributed by atoms with Gasteiger partial charge in [-0.3, -0.25) is 0 Å². The molecule has 6 heteroatoms. The molecule has 0 bridgehead atoms. The summed E-state index contributed by atoms with van der Waals surface area (Å²) in [6.07, 6.45) is 0. The molecule has 0 radical (unpaired) electrons. The number of nitrogens with one attached hydrogen (secondary N) is 1. The number of hydrogen-bond acceptors (Lipinski definition) is 4. The summed E-state index contributed by atoms with van der Waals surface area (Å²) in [5.74, 6) is -0.411. The molecule has 0 amide bonds. The molecule has 1 aromatic rings. The molecule has 0 unspecified atom stereocenters. The van der Waals surface area contributed by atoms with E-state index in [-0.39, 0.29) is 10.6 Å². The zero-order chi connectivity index (χ0) is 14.3. The molecule has 0 aliphatic carbocycles. The largest absolute Gasteiger partial charge is 0.389 e. The Balaban J connectivity index is 2.41. The SMILES string of the molecule is CN(C)CCOCCNc1cccc(F)c1C(N)=S. The molecule has 0 saturated heterocycles. The number of nitrogens with two attached hydrogens (primary N) is 1. The van der Waals surface area contributed by atoms with Crippen LogP contribution in [0.25, 0.3) is 0 Å². The number of anilines is 1. The minimum atomic E-state index is -0.411. The van der Waals surface area contributed by atoms with Crippen molar-refractivity contribution in [2.24, 2.45) is 5.73 Å². The first-order valence-corrected chi connectivity index (χ1v) is 6.48. The van der Waals surface area contributed by atoms with E-state index in [1.807, 2.05) is 19.0 Å². The Morgan fingerprint density at radius 2 is 2.16 bits per heavy atom. The van der Waals surface area contributed by atoms with Gasteiger partial charge in [-0.2, -0.15) is 0 Å². The maximum atomic E-state index is 13.6. The van der Waals surface area contributed by atoms with Crippen LogP contribution in [0, 0.1) is 5.82 Å². The Bertz CT molecular complexity index is 426. The average molecular weight is 285 g/mol. The summed E-state index contributed by atoms with van der Waals surface area (Å²) in [5, 5.41) is 3.08. The Morgan fingerprint density at radius 3 is 2.79 bits per heavy atom. The number of benzene rings is 1. The first kappa shape index (κ1) is 15.8. The minimum Gasteiger partial charge on any atom is -0.389 e. The molecule has 3 N–H and O–H groups in total. The lowest BCUT2D eigenvalue weighted by Gasteiger charge is -2.13. The predicted molar refractivity (Wildman–Crippen MR) is 80.2 cm³/mol. The summed E-state index contributed by atoms with van der Waals surface area (Å²) in [4.78, 5) is 2.10. The van der Waals surface area contributed by atoms with Crippen LogP contribution in [0.3, 0.4) is 0 Å². The van der Waals surface area contributed by atoms with E-state index < -0.39 is 5.82 Å². The third-order valence-corrected chi connectivity index (χ3v) is 2.71. The quantitative estimate of drug-likeness (QED) is 0.559. The molecule has 106 valence electrons. The lowest BCUT2D eigenvalue weighted by atomic mass is 10.1. The zero-order valence-corrected chi connectivity index (χ0v) is 12.1. The van der Waals surface area contributed by atoms with Crippen molar-refractivity contribution in [2.45, 2.75) is 0 Å². The van der Waals surface area contributed by atoms with Crippen molar-refractivity contribution in [3.05, 3.63) is 29.6 Å². The van der Waals surface area contributed by atoms with Crippen LogP contribution in [0.2, 0.25) is 0 Å². The lowest BCUT2D eigenvalue weighted by molar-refractivity contribution is 0.126. The van der Waals surface area contributed by atoms with Crippen LogP contribution in [-0.4, -0.2) is 50.3 Å². The summed E-state index contributed by atoms with van der Waals surface area (Å²) >= 11 is 4.85. The van der Waals surface area contributed by atoms with Crippen molar-refractivity contribution in [1.82, 2.24) is 4.90 Å². The number of hydrogen-bond donors (Lipinski definition) is 2. The van der Waals surface area contributed by atoms with E-state index in [4.69, 9.17) is 22.7 Å². The van der Waals surface area contributed by atoms with E-state index >= 15 is 0 Å². The van der Waals surface area contributed by atoms with Crippen molar-refractivity contribution in [1.29, 1.82) is 0 Å². The van der Waals surface area contributed by atoms with Crippen molar-refractivity contribution in [3.8, 4) is 0 Å². The minimum absolute atomic E-state index is 0.0501. The highest BCUT2D eigenvalue weighted by molar-refractivity contribution is 7.80. The highest BCUT2D eigenvalue weighted by Crippen LogP contribution is 2.18. The van der Waals surface area contributed by atoms with Gasteiger partial charge >= 0.3 is 0 Å². The lowest BCUT2D eigenvalue weighted by Crippen LogP contribution is -2.21. The number of nitrogens with zero attached hydrogens (tertiary/aromatic N) is 1. The molecule has 1 aromatic carbocycles. The van der Waals surface area contributed by atoms with Crippen LogP contribution in [-0.2, 0) is 4.74 Å². The summed E-state index contributed by atoms with van der Waals surface area (Å²) in [6.45, 7) is 2.66. The van der Waals surface area contributed by atoms with Gasteiger partial charge in [-0.1, -0.05) is 18.3 Å². The monoisotopic (exact) mass is 285 g/mol. The van der Waals surface area contributed by atoms with Crippen molar-refractivity contribution < 1.29 is 9.13 Å². The van der Waals surface area contributed by atoms with Gasteiger partial charge < -0.3 is 20.7 Å². The van der Waals surface area contributed by atoms with Crippen molar-refractivity contribution in [3.63, 3.8) is 0 Å². The second-order valence-electron chi connectivity index (χ2n) is 4.37. The summed E-state index contributed by atoms with van der Waals surface area (Å²) < 4.78 is 19.0. The van der Waals surface area contributed by atoms with Gasteiger partial charge in [-0.05, 0) is 26.2 Å². The molecule has 0 aliphatic heterocycles. The van der Waals surface area contributed by atoms with Gasteiger partial charge in [0.15, 0.2) is 0 Å². The van der Waals surface area contributed by atoms with Gasteiger partial charge in [0.1, 0.15) is 10.8 Å². The molecule has 19 heavy (non-hydrogen) atoms. The van der Waals surface area contributed by atoms with E-state index in [1.165, 1.54) is 6.07 Å². The predicted octanol–water partition coefficient (Wildman–Crippen LogP) is 1.45. The Kier molecular flexibility index (Phi) is 6.69. The summed E-state index contributed by atoms with van der Waals surface area (Å²) in [6, 6.07) is 4.71. The molecule has 0 aliphatic rings. The Labute approximate surface area is 118 Å². The Morgan fingerprint density at radius 1 is 1.42 bits per heavy atom. The van der Waals surface area contributed by atoms with Crippen LogP contribution < -0.4 is 11.1 Å². The molecule has 0 fully saturated rings.